The number of rotatable bonds is 8. The Hall–Kier alpha value is -2.18. The molecule has 0 fully saturated rings. The van der Waals surface area contributed by atoms with Crippen LogP contribution in [0.2, 0.25) is 0 Å². The van der Waals surface area contributed by atoms with Crippen LogP contribution in [-0.2, 0) is 12.8 Å². The van der Waals surface area contributed by atoms with E-state index < -0.39 is 0 Å². The Morgan fingerprint density at radius 1 is 1.12 bits per heavy atom. The smallest absolute Gasteiger partial charge is 0.101 e. The van der Waals surface area contributed by atoms with E-state index in [-0.39, 0.29) is 5.54 Å². The quantitative estimate of drug-likeness (QED) is 0.772. The molecule has 1 aromatic heterocycles. The minimum atomic E-state index is 0.0969. The van der Waals surface area contributed by atoms with Crippen molar-refractivity contribution in [3.8, 4) is 6.07 Å². The highest BCUT2D eigenvalue weighted by molar-refractivity contribution is 5.30. The molecule has 2 rings (SSSR count). The average molecular weight is 335 g/mol. The molecule has 0 aliphatic rings. The fourth-order valence-electron chi connectivity index (χ4n) is 2.75. The zero-order valence-corrected chi connectivity index (χ0v) is 15.8. The molecular formula is C22H29N3. The standard InChI is InChI=1S/C22H29N3/c1-5-17(2)15-25-22(3,4)13-19-8-6-18(7-9-19)12-21-11-10-20(14-23)16-24-21/h6-11,16-17,25H,5,12-13,15H2,1-4H3. The summed E-state index contributed by atoms with van der Waals surface area (Å²) in [5.41, 5.74) is 4.28. The number of pyridine rings is 1. The van der Waals surface area contributed by atoms with E-state index in [0.717, 1.165) is 25.1 Å². The van der Waals surface area contributed by atoms with Crippen LogP contribution in [0.4, 0.5) is 0 Å². The summed E-state index contributed by atoms with van der Waals surface area (Å²) < 4.78 is 0. The molecule has 1 N–H and O–H groups in total. The zero-order valence-electron chi connectivity index (χ0n) is 15.8. The number of hydrogen-bond donors (Lipinski definition) is 1. The lowest BCUT2D eigenvalue weighted by Crippen LogP contribution is -2.43. The molecule has 0 radical (unpaired) electrons. The van der Waals surface area contributed by atoms with Gasteiger partial charge in [-0.2, -0.15) is 5.26 Å². The Morgan fingerprint density at radius 3 is 2.36 bits per heavy atom. The molecule has 0 saturated heterocycles. The fraction of sp³-hybridized carbons (Fsp3) is 0.455. The summed E-state index contributed by atoms with van der Waals surface area (Å²) in [6.07, 6.45) is 4.65. The number of hydrogen-bond acceptors (Lipinski definition) is 3. The molecule has 25 heavy (non-hydrogen) atoms. The number of benzene rings is 1. The second-order valence-electron chi connectivity index (χ2n) is 7.60. The molecule has 132 valence electrons. The molecule has 1 unspecified atom stereocenters. The van der Waals surface area contributed by atoms with Gasteiger partial charge in [-0.05, 0) is 56.0 Å². The van der Waals surface area contributed by atoms with E-state index in [1.807, 2.05) is 12.1 Å². The lowest BCUT2D eigenvalue weighted by Gasteiger charge is -2.28. The highest BCUT2D eigenvalue weighted by Gasteiger charge is 2.18. The van der Waals surface area contributed by atoms with Gasteiger partial charge in [0.2, 0.25) is 0 Å². The van der Waals surface area contributed by atoms with Gasteiger partial charge in [0, 0.05) is 23.9 Å². The Bertz CT molecular complexity index is 694. The molecule has 3 nitrogen and oxygen atoms in total. The minimum Gasteiger partial charge on any atom is -0.311 e. The van der Waals surface area contributed by atoms with Gasteiger partial charge in [-0.1, -0.05) is 44.5 Å². The van der Waals surface area contributed by atoms with Crippen LogP contribution in [-0.4, -0.2) is 17.1 Å². The second kappa shape index (κ2) is 8.78. The predicted octanol–water partition coefficient (Wildman–Crippen LogP) is 4.50. The van der Waals surface area contributed by atoms with Gasteiger partial charge in [-0.25, -0.2) is 0 Å². The van der Waals surface area contributed by atoms with E-state index in [1.165, 1.54) is 17.5 Å². The maximum Gasteiger partial charge on any atom is 0.101 e. The summed E-state index contributed by atoms with van der Waals surface area (Å²) in [7, 11) is 0. The lowest BCUT2D eigenvalue weighted by atomic mass is 9.93. The lowest BCUT2D eigenvalue weighted by molar-refractivity contribution is 0.350. The molecule has 2 aromatic rings. The molecule has 0 saturated carbocycles. The van der Waals surface area contributed by atoms with E-state index in [0.29, 0.717) is 11.5 Å². The summed E-state index contributed by atoms with van der Waals surface area (Å²) >= 11 is 0. The second-order valence-corrected chi connectivity index (χ2v) is 7.60. The number of nitrogens with one attached hydrogen (secondary N) is 1. The Morgan fingerprint density at radius 2 is 1.80 bits per heavy atom. The first-order valence-corrected chi connectivity index (χ1v) is 9.09. The van der Waals surface area contributed by atoms with Crippen LogP contribution in [0.25, 0.3) is 0 Å². The maximum atomic E-state index is 8.83. The molecule has 0 amide bonds. The first-order chi connectivity index (χ1) is 11.9. The van der Waals surface area contributed by atoms with E-state index in [4.69, 9.17) is 5.26 Å². The van der Waals surface area contributed by atoms with Gasteiger partial charge in [-0.15, -0.1) is 0 Å². The van der Waals surface area contributed by atoms with Gasteiger partial charge in [-0.3, -0.25) is 4.98 Å². The van der Waals surface area contributed by atoms with Gasteiger partial charge in [0.25, 0.3) is 0 Å². The first-order valence-electron chi connectivity index (χ1n) is 9.09. The molecule has 0 aliphatic heterocycles. The van der Waals surface area contributed by atoms with Crippen molar-refractivity contribution < 1.29 is 0 Å². The van der Waals surface area contributed by atoms with Crippen LogP contribution in [0.3, 0.4) is 0 Å². The number of aromatic nitrogens is 1. The van der Waals surface area contributed by atoms with E-state index in [9.17, 15) is 0 Å². The van der Waals surface area contributed by atoms with Crippen LogP contribution >= 0.6 is 0 Å². The number of nitriles is 1. The average Bonchev–Trinajstić information content (AvgIpc) is 2.62. The Labute approximate surface area is 152 Å². The van der Waals surface area contributed by atoms with Crippen LogP contribution in [0.15, 0.2) is 42.6 Å². The third-order valence-corrected chi connectivity index (χ3v) is 4.63. The molecular weight excluding hydrogens is 306 g/mol. The van der Waals surface area contributed by atoms with Crippen molar-refractivity contribution in [1.29, 1.82) is 5.26 Å². The van der Waals surface area contributed by atoms with Gasteiger partial charge in [0.15, 0.2) is 0 Å². The van der Waals surface area contributed by atoms with Crippen molar-refractivity contribution in [2.45, 2.75) is 52.5 Å². The summed E-state index contributed by atoms with van der Waals surface area (Å²) in [6, 6.07) is 14.6. The van der Waals surface area contributed by atoms with E-state index in [2.05, 4.69) is 68.3 Å². The van der Waals surface area contributed by atoms with Gasteiger partial charge < -0.3 is 5.32 Å². The normalized spacial score (nSPS) is 12.6. The summed E-state index contributed by atoms with van der Waals surface area (Å²) in [5.74, 6) is 0.710. The van der Waals surface area contributed by atoms with Crippen LogP contribution in [0.1, 0.15) is 56.5 Å². The van der Waals surface area contributed by atoms with Crippen LogP contribution in [0, 0.1) is 17.2 Å². The first kappa shape index (κ1) is 19.1. The molecule has 0 spiro atoms. The minimum absolute atomic E-state index is 0.0969. The monoisotopic (exact) mass is 335 g/mol. The third-order valence-electron chi connectivity index (χ3n) is 4.63. The summed E-state index contributed by atoms with van der Waals surface area (Å²) in [5, 5.41) is 12.5. The SMILES string of the molecule is CCC(C)CNC(C)(C)Cc1ccc(Cc2ccc(C#N)cn2)cc1. The maximum absolute atomic E-state index is 8.83. The molecule has 0 aliphatic carbocycles. The van der Waals surface area contributed by atoms with Crippen LogP contribution in [0.5, 0.6) is 0 Å². The zero-order chi connectivity index (χ0) is 18.3. The van der Waals surface area contributed by atoms with Gasteiger partial charge in [0.05, 0.1) is 5.56 Å². The van der Waals surface area contributed by atoms with Crippen molar-refractivity contribution in [2.24, 2.45) is 5.92 Å². The topological polar surface area (TPSA) is 48.7 Å². The van der Waals surface area contributed by atoms with Crippen molar-refractivity contribution in [3.05, 3.63) is 65.0 Å². The largest absolute Gasteiger partial charge is 0.311 e. The number of nitrogens with zero attached hydrogens (tertiary/aromatic N) is 2. The molecule has 0 bridgehead atoms. The highest BCUT2D eigenvalue weighted by atomic mass is 15.0. The van der Waals surface area contributed by atoms with Gasteiger partial charge in [0.1, 0.15) is 6.07 Å². The molecule has 1 aromatic carbocycles. The summed E-state index contributed by atoms with van der Waals surface area (Å²) in [6.45, 7) is 10.1. The predicted molar refractivity (Wildman–Crippen MR) is 103 cm³/mol. The molecule has 3 heteroatoms. The van der Waals surface area contributed by atoms with E-state index in [1.54, 1.807) is 6.20 Å². The van der Waals surface area contributed by atoms with Gasteiger partial charge >= 0.3 is 0 Å². The Balaban J connectivity index is 1.93. The van der Waals surface area contributed by atoms with Crippen molar-refractivity contribution in [2.75, 3.05) is 6.54 Å². The van der Waals surface area contributed by atoms with Crippen molar-refractivity contribution in [3.63, 3.8) is 0 Å². The summed E-state index contributed by atoms with van der Waals surface area (Å²) in [4.78, 5) is 4.34. The fourth-order valence-corrected chi connectivity index (χ4v) is 2.75. The van der Waals surface area contributed by atoms with Crippen molar-refractivity contribution in [1.82, 2.24) is 10.3 Å². The highest BCUT2D eigenvalue weighted by Crippen LogP contribution is 2.16. The molecule has 1 heterocycles. The third kappa shape index (κ3) is 6.32. The molecule has 1 atom stereocenters. The van der Waals surface area contributed by atoms with E-state index >= 15 is 0 Å². The van der Waals surface area contributed by atoms with Crippen LogP contribution < -0.4 is 5.32 Å². The Kier molecular flexibility index (Phi) is 6.73. The van der Waals surface area contributed by atoms with Crippen molar-refractivity contribution >= 4 is 0 Å².